The molecule has 1 rings (SSSR count). The SMILES string of the molecule is CN(C)CCCCc1cc[n+](CCCCCCCCCS)cc1. The van der Waals surface area contributed by atoms with E-state index in [0.29, 0.717) is 0 Å². The van der Waals surface area contributed by atoms with Crippen LogP contribution >= 0.6 is 12.6 Å². The molecule has 0 N–H and O–H groups in total. The zero-order valence-electron chi connectivity index (χ0n) is 15.3. The zero-order chi connectivity index (χ0) is 16.8. The highest BCUT2D eigenvalue weighted by molar-refractivity contribution is 7.80. The Hall–Kier alpha value is -0.540. The van der Waals surface area contributed by atoms with Gasteiger partial charge in [-0.3, -0.25) is 0 Å². The average Bonchev–Trinajstić information content (AvgIpc) is 2.55. The van der Waals surface area contributed by atoms with Gasteiger partial charge in [-0.25, -0.2) is 4.57 Å². The average molecular weight is 338 g/mol. The van der Waals surface area contributed by atoms with Crippen molar-refractivity contribution in [1.29, 1.82) is 0 Å². The van der Waals surface area contributed by atoms with Crippen LogP contribution in [0.15, 0.2) is 24.5 Å². The Kier molecular flexibility index (Phi) is 12.4. The van der Waals surface area contributed by atoms with Crippen molar-refractivity contribution in [3.05, 3.63) is 30.1 Å². The van der Waals surface area contributed by atoms with E-state index in [1.807, 2.05) is 0 Å². The number of pyridine rings is 1. The lowest BCUT2D eigenvalue weighted by molar-refractivity contribution is -0.697. The minimum absolute atomic E-state index is 1.04. The van der Waals surface area contributed by atoms with Crippen LogP contribution in [0.4, 0.5) is 0 Å². The molecule has 1 heterocycles. The maximum absolute atomic E-state index is 4.25. The highest BCUT2D eigenvalue weighted by Gasteiger charge is 2.01. The van der Waals surface area contributed by atoms with Gasteiger partial charge in [0.05, 0.1) is 0 Å². The first kappa shape index (κ1) is 20.5. The van der Waals surface area contributed by atoms with Crippen LogP contribution < -0.4 is 4.57 Å². The van der Waals surface area contributed by atoms with Gasteiger partial charge in [0.25, 0.3) is 0 Å². The third kappa shape index (κ3) is 11.6. The van der Waals surface area contributed by atoms with E-state index < -0.39 is 0 Å². The van der Waals surface area contributed by atoms with Crippen molar-refractivity contribution in [3.8, 4) is 0 Å². The van der Waals surface area contributed by atoms with Crippen LogP contribution in [-0.2, 0) is 13.0 Å². The summed E-state index contributed by atoms with van der Waals surface area (Å²) in [6.07, 6.45) is 17.8. The molecule has 0 fully saturated rings. The van der Waals surface area contributed by atoms with Crippen LogP contribution in [0.1, 0.15) is 63.4 Å². The zero-order valence-corrected chi connectivity index (χ0v) is 16.2. The molecule has 0 amide bonds. The smallest absolute Gasteiger partial charge is 0.169 e. The van der Waals surface area contributed by atoms with Crippen LogP contribution in [0, 0.1) is 0 Å². The molecule has 3 heteroatoms. The number of unbranched alkanes of at least 4 members (excludes halogenated alkanes) is 7. The Morgan fingerprint density at radius 3 is 2.04 bits per heavy atom. The first-order valence-corrected chi connectivity index (χ1v) is 10.1. The molecule has 0 atom stereocenters. The molecule has 0 unspecified atom stereocenters. The third-order valence-corrected chi connectivity index (χ3v) is 4.67. The molecule has 1 aromatic rings. The summed E-state index contributed by atoms with van der Waals surface area (Å²) in [6.45, 7) is 2.36. The number of nitrogens with zero attached hydrogens (tertiary/aromatic N) is 2. The van der Waals surface area contributed by atoms with Gasteiger partial charge in [0.15, 0.2) is 12.4 Å². The molecular formula is C20H37N2S+. The van der Waals surface area contributed by atoms with Gasteiger partial charge in [-0.15, -0.1) is 0 Å². The molecule has 0 aliphatic heterocycles. The summed E-state index contributed by atoms with van der Waals surface area (Å²) in [4.78, 5) is 2.26. The van der Waals surface area contributed by atoms with Gasteiger partial charge in [0.1, 0.15) is 6.54 Å². The number of aromatic nitrogens is 1. The van der Waals surface area contributed by atoms with Crippen LogP contribution in [0.5, 0.6) is 0 Å². The molecule has 1 aromatic heterocycles. The Bertz CT molecular complexity index is 376. The van der Waals surface area contributed by atoms with Gasteiger partial charge in [0.2, 0.25) is 0 Å². The van der Waals surface area contributed by atoms with Crippen molar-refractivity contribution < 1.29 is 4.57 Å². The van der Waals surface area contributed by atoms with E-state index in [0.717, 1.165) is 12.3 Å². The Morgan fingerprint density at radius 2 is 1.43 bits per heavy atom. The Balaban J connectivity index is 2.05. The van der Waals surface area contributed by atoms with Crippen molar-refractivity contribution in [2.75, 3.05) is 26.4 Å². The van der Waals surface area contributed by atoms with E-state index in [1.54, 1.807) is 0 Å². The normalized spacial score (nSPS) is 11.3. The fourth-order valence-corrected chi connectivity index (χ4v) is 3.07. The molecule has 0 aromatic carbocycles. The van der Waals surface area contributed by atoms with Crippen molar-refractivity contribution >= 4 is 12.6 Å². The lowest BCUT2D eigenvalue weighted by atomic mass is 10.1. The summed E-state index contributed by atoms with van der Waals surface area (Å²) < 4.78 is 2.34. The van der Waals surface area contributed by atoms with Gasteiger partial charge in [0, 0.05) is 18.6 Å². The highest BCUT2D eigenvalue weighted by Crippen LogP contribution is 2.08. The fourth-order valence-electron chi connectivity index (χ4n) is 2.85. The molecule has 0 radical (unpaired) electrons. The second kappa shape index (κ2) is 13.9. The van der Waals surface area contributed by atoms with Crippen molar-refractivity contribution in [3.63, 3.8) is 0 Å². The van der Waals surface area contributed by atoms with E-state index in [2.05, 4.69) is 60.7 Å². The van der Waals surface area contributed by atoms with E-state index in [-0.39, 0.29) is 0 Å². The molecule has 0 aliphatic carbocycles. The van der Waals surface area contributed by atoms with Gasteiger partial charge in [-0.2, -0.15) is 12.6 Å². The van der Waals surface area contributed by atoms with Crippen molar-refractivity contribution in [2.24, 2.45) is 0 Å². The van der Waals surface area contributed by atoms with Gasteiger partial charge >= 0.3 is 0 Å². The minimum Gasteiger partial charge on any atom is -0.309 e. The fraction of sp³-hybridized carbons (Fsp3) is 0.750. The number of hydrogen-bond donors (Lipinski definition) is 1. The number of rotatable bonds is 14. The molecule has 0 saturated carbocycles. The number of hydrogen-bond acceptors (Lipinski definition) is 2. The maximum Gasteiger partial charge on any atom is 0.169 e. The first-order chi connectivity index (χ1) is 11.2. The predicted molar refractivity (Wildman–Crippen MR) is 104 cm³/mol. The topological polar surface area (TPSA) is 7.12 Å². The van der Waals surface area contributed by atoms with Gasteiger partial charge < -0.3 is 4.90 Å². The predicted octanol–water partition coefficient (Wildman–Crippen LogP) is 4.52. The standard InChI is InChI=1S/C20H36N2S/c1-21(2)15-10-8-12-20-13-17-22(18-14-20)16-9-6-4-3-5-7-11-19-23/h13-14,17-18H,3-12,15-16,19H2,1-2H3/p+1. The lowest BCUT2D eigenvalue weighted by Crippen LogP contribution is -2.32. The molecule has 0 aliphatic rings. The quantitative estimate of drug-likeness (QED) is 0.298. The second-order valence-electron chi connectivity index (χ2n) is 6.90. The first-order valence-electron chi connectivity index (χ1n) is 9.46. The summed E-state index contributed by atoms with van der Waals surface area (Å²) >= 11 is 4.25. The van der Waals surface area contributed by atoms with E-state index in [1.165, 1.54) is 76.3 Å². The molecule has 0 spiro atoms. The lowest BCUT2D eigenvalue weighted by Gasteiger charge is -2.08. The monoisotopic (exact) mass is 337 g/mol. The summed E-state index contributed by atoms with van der Waals surface area (Å²) in [7, 11) is 4.29. The van der Waals surface area contributed by atoms with E-state index in [4.69, 9.17) is 0 Å². The minimum atomic E-state index is 1.04. The highest BCUT2D eigenvalue weighted by atomic mass is 32.1. The summed E-state index contributed by atoms with van der Waals surface area (Å²) in [5, 5.41) is 0. The van der Waals surface area contributed by atoms with Crippen LogP contribution in [-0.4, -0.2) is 31.3 Å². The van der Waals surface area contributed by atoms with Gasteiger partial charge in [-0.1, -0.05) is 25.7 Å². The maximum atomic E-state index is 4.25. The third-order valence-electron chi connectivity index (χ3n) is 4.36. The molecule has 132 valence electrons. The molecule has 0 bridgehead atoms. The number of aryl methyl sites for hydroxylation is 2. The number of thiol groups is 1. The largest absolute Gasteiger partial charge is 0.309 e. The second-order valence-corrected chi connectivity index (χ2v) is 7.35. The van der Waals surface area contributed by atoms with Crippen molar-refractivity contribution in [2.45, 2.75) is 70.8 Å². The van der Waals surface area contributed by atoms with E-state index in [9.17, 15) is 0 Å². The van der Waals surface area contributed by atoms with Crippen LogP contribution in [0.3, 0.4) is 0 Å². The van der Waals surface area contributed by atoms with Crippen LogP contribution in [0.25, 0.3) is 0 Å². The van der Waals surface area contributed by atoms with Crippen LogP contribution in [0.2, 0.25) is 0 Å². The summed E-state index contributed by atoms with van der Waals surface area (Å²) in [5.41, 5.74) is 1.48. The van der Waals surface area contributed by atoms with Crippen molar-refractivity contribution in [1.82, 2.24) is 4.90 Å². The van der Waals surface area contributed by atoms with E-state index >= 15 is 0 Å². The molecule has 23 heavy (non-hydrogen) atoms. The Morgan fingerprint density at radius 1 is 0.826 bits per heavy atom. The molecule has 2 nitrogen and oxygen atoms in total. The molecule has 0 saturated heterocycles. The molecular weight excluding hydrogens is 300 g/mol. The summed E-state index contributed by atoms with van der Waals surface area (Å²) in [5.74, 6) is 1.04. The Labute approximate surface area is 149 Å². The van der Waals surface area contributed by atoms with Gasteiger partial charge in [-0.05, 0) is 64.1 Å². The summed E-state index contributed by atoms with van der Waals surface area (Å²) in [6, 6.07) is 4.60.